The van der Waals surface area contributed by atoms with E-state index in [2.05, 4.69) is 185 Å². The van der Waals surface area contributed by atoms with E-state index in [0.29, 0.717) is 6.61 Å². The molecule has 0 fully saturated rings. The summed E-state index contributed by atoms with van der Waals surface area (Å²) < 4.78 is 13.7. The van der Waals surface area contributed by atoms with Gasteiger partial charge in [0.05, 0.1) is 23.5 Å². The van der Waals surface area contributed by atoms with Gasteiger partial charge in [0.1, 0.15) is 6.61 Å². The van der Waals surface area contributed by atoms with Crippen molar-refractivity contribution < 1.29 is 4.74 Å². The van der Waals surface area contributed by atoms with Crippen LogP contribution in [0.3, 0.4) is 0 Å². The van der Waals surface area contributed by atoms with Crippen molar-refractivity contribution in [3.05, 3.63) is 199 Å². The quantitative estimate of drug-likeness (QED) is 0.177. The molecule has 0 saturated heterocycles. The number of fused-ring (bicyclic) bond motifs is 12. The number of benzene rings is 7. The maximum Gasteiger partial charge on any atom is 0.115 e. The number of para-hydroxylation sites is 1. The topological polar surface area (TPSA) is 17.4 Å². The van der Waals surface area contributed by atoms with E-state index in [4.69, 9.17) is 4.74 Å². The van der Waals surface area contributed by atoms with E-state index in [1.54, 1.807) is 0 Å². The molecule has 0 N–H and O–H groups in total. The Balaban J connectivity index is 0.878. The Bertz CT molecular complexity index is 3450. The highest BCUT2D eigenvalue weighted by molar-refractivity contribution is 7.26. The molecule has 0 spiro atoms. The van der Waals surface area contributed by atoms with Gasteiger partial charge >= 0.3 is 0 Å². The molecule has 5 heteroatoms. The Hall–Kier alpha value is -6.66. The summed E-state index contributed by atoms with van der Waals surface area (Å²) in [5.74, 6) is 0.223. The van der Waals surface area contributed by atoms with Gasteiger partial charge in [0.2, 0.25) is 0 Å². The minimum absolute atomic E-state index is 0.180. The molecule has 0 saturated carbocycles. The van der Waals surface area contributed by atoms with Crippen molar-refractivity contribution >= 4 is 96.9 Å². The van der Waals surface area contributed by atoms with Crippen LogP contribution in [-0.4, -0.2) is 10.6 Å². The molecule has 1 aliphatic carbocycles. The van der Waals surface area contributed by atoms with Crippen molar-refractivity contribution in [3.8, 4) is 16.8 Å². The van der Waals surface area contributed by atoms with Gasteiger partial charge in [-0.05, 0) is 107 Å². The number of rotatable bonds is 4. The molecule has 3 aliphatic rings. The van der Waals surface area contributed by atoms with Crippen LogP contribution in [0.4, 0.5) is 11.4 Å². The number of nitrogens with zero attached hydrogens (tertiary/aromatic N) is 2. The number of allylic oxidation sites excluding steroid dienone is 2. The molecule has 58 heavy (non-hydrogen) atoms. The number of aromatic nitrogens is 1. The van der Waals surface area contributed by atoms with Gasteiger partial charge in [0.15, 0.2) is 0 Å². The molecule has 0 amide bonds. The highest BCUT2D eigenvalue weighted by Crippen LogP contribution is 2.50. The lowest BCUT2D eigenvalue weighted by atomic mass is 9.86. The molecule has 13 rings (SSSR count). The summed E-state index contributed by atoms with van der Waals surface area (Å²) in [5.41, 5.74) is 13.6. The zero-order valence-corrected chi connectivity index (χ0v) is 32.9. The van der Waals surface area contributed by atoms with Crippen LogP contribution in [0.25, 0.3) is 79.7 Å². The first-order valence-electron chi connectivity index (χ1n) is 19.9. The van der Waals surface area contributed by atoms with Crippen molar-refractivity contribution in [1.82, 2.24) is 4.57 Å². The molecule has 2 aliphatic heterocycles. The Morgan fingerprint density at radius 2 is 1.24 bits per heavy atom. The first-order chi connectivity index (χ1) is 28.7. The smallest absolute Gasteiger partial charge is 0.115 e. The van der Waals surface area contributed by atoms with Crippen molar-refractivity contribution in [2.24, 2.45) is 0 Å². The predicted molar refractivity (Wildman–Crippen MR) is 247 cm³/mol. The maximum atomic E-state index is 5.95. The third-order valence-electron chi connectivity index (χ3n) is 12.5. The number of hydrogen-bond donors (Lipinski definition) is 0. The number of hydrogen-bond acceptors (Lipinski definition) is 4. The Morgan fingerprint density at radius 3 is 2.10 bits per heavy atom. The molecule has 2 unspecified atom stereocenters. The van der Waals surface area contributed by atoms with E-state index in [0.717, 1.165) is 0 Å². The van der Waals surface area contributed by atoms with Gasteiger partial charge in [0, 0.05) is 74.3 Å². The zero-order valence-electron chi connectivity index (χ0n) is 31.3. The Kier molecular flexibility index (Phi) is 6.94. The fourth-order valence-corrected chi connectivity index (χ4v) is 12.0. The van der Waals surface area contributed by atoms with Crippen molar-refractivity contribution in [2.45, 2.75) is 18.6 Å². The van der Waals surface area contributed by atoms with E-state index in [1.165, 1.54) is 107 Å². The zero-order chi connectivity index (χ0) is 37.9. The first kappa shape index (κ1) is 32.4. The largest absolute Gasteiger partial charge is 0.496 e. The van der Waals surface area contributed by atoms with Crippen LogP contribution in [0.1, 0.15) is 28.3 Å². The summed E-state index contributed by atoms with van der Waals surface area (Å²) >= 11 is 3.73. The number of anilines is 2. The molecule has 0 radical (unpaired) electrons. The molecular formula is C53H34N2OS2. The SMILES string of the molecule is C1=Cc2c(c3cc(C4=CC5c6ccccc6N(c6cccc(-c7ccc8sc9ccccc9c8c7)c6)C5C=C4)ccc3n2-c2ccc3sc4ccccc4c3c2)CO1. The third kappa shape index (κ3) is 4.78. The molecule has 7 aromatic carbocycles. The Morgan fingerprint density at radius 1 is 0.534 bits per heavy atom. The van der Waals surface area contributed by atoms with E-state index >= 15 is 0 Å². The standard InChI is InChI=1S/C53H34N2OS2/c1-4-13-46-38(10-1)41-27-33(16-20-47(41)54(46)36-9-7-8-32(26-36)35-18-22-52-43(29-35)39-11-2-5-14-50(39)57-52)34-17-21-48-42(28-34)45-31-56-25-24-49(45)55(48)37-19-23-53-44(30-37)40-12-3-6-15-51(40)58-53/h1-30,41,47H,31H2. The van der Waals surface area contributed by atoms with Gasteiger partial charge in [-0.25, -0.2) is 0 Å². The summed E-state index contributed by atoms with van der Waals surface area (Å²) in [4.78, 5) is 2.54. The van der Waals surface area contributed by atoms with Crippen molar-refractivity contribution in [2.75, 3.05) is 4.90 Å². The van der Waals surface area contributed by atoms with Gasteiger partial charge in [0.25, 0.3) is 0 Å². The van der Waals surface area contributed by atoms with Crippen molar-refractivity contribution in [3.63, 3.8) is 0 Å². The average molecular weight is 779 g/mol. The van der Waals surface area contributed by atoms with E-state index in [-0.39, 0.29) is 12.0 Å². The van der Waals surface area contributed by atoms with Crippen LogP contribution in [0.2, 0.25) is 0 Å². The van der Waals surface area contributed by atoms with Gasteiger partial charge in [-0.3, -0.25) is 0 Å². The fraction of sp³-hybridized carbons (Fsp3) is 0.0566. The highest BCUT2D eigenvalue weighted by Gasteiger charge is 2.38. The molecule has 5 heterocycles. The second-order valence-electron chi connectivity index (χ2n) is 15.6. The van der Waals surface area contributed by atoms with Crippen molar-refractivity contribution in [1.29, 1.82) is 0 Å². The van der Waals surface area contributed by atoms with Crippen LogP contribution < -0.4 is 4.90 Å². The lowest BCUT2D eigenvalue weighted by Crippen LogP contribution is -2.29. The summed E-state index contributed by atoms with van der Waals surface area (Å²) in [6.07, 6.45) is 11.2. The third-order valence-corrected chi connectivity index (χ3v) is 14.8. The molecule has 3 aromatic heterocycles. The molecule has 274 valence electrons. The van der Waals surface area contributed by atoms with Crippen LogP contribution in [0, 0.1) is 0 Å². The second kappa shape index (κ2) is 12.4. The van der Waals surface area contributed by atoms with Gasteiger partial charge < -0.3 is 14.2 Å². The summed E-state index contributed by atoms with van der Waals surface area (Å²) in [6.45, 7) is 0.557. The molecule has 10 aromatic rings. The van der Waals surface area contributed by atoms with Crippen LogP contribution >= 0.6 is 22.7 Å². The highest BCUT2D eigenvalue weighted by atomic mass is 32.1. The van der Waals surface area contributed by atoms with Crippen LogP contribution in [0.15, 0.2) is 176 Å². The van der Waals surface area contributed by atoms with Gasteiger partial charge in [-0.2, -0.15) is 0 Å². The normalized spacial score (nSPS) is 17.0. The molecule has 3 nitrogen and oxygen atoms in total. The number of thiophene rings is 2. The predicted octanol–water partition coefficient (Wildman–Crippen LogP) is 14.8. The molecule has 0 bridgehead atoms. The lowest BCUT2D eigenvalue weighted by molar-refractivity contribution is 0.235. The van der Waals surface area contributed by atoms with Crippen LogP contribution in [0.5, 0.6) is 0 Å². The van der Waals surface area contributed by atoms with Gasteiger partial charge in [-0.1, -0.05) is 97.1 Å². The van der Waals surface area contributed by atoms with Crippen LogP contribution in [-0.2, 0) is 11.3 Å². The fourth-order valence-electron chi connectivity index (χ4n) is 9.84. The van der Waals surface area contributed by atoms with E-state index < -0.39 is 0 Å². The Labute approximate surface area is 343 Å². The first-order valence-corrected chi connectivity index (χ1v) is 21.5. The lowest BCUT2D eigenvalue weighted by Gasteiger charge is -2.30. The minimum atomic E-state index is 0.180. The second-order valence-corrected chi connectivity index (χ2v) is 17.8. The maximum absolute atomic E-state index is 5.95. The number of ether oxygens (including phenoxy) is 1. The molecular weight excluding hydrogens is 745 g/mol. The summed E-state index contributed by atoms with van der Waals surface area (Å²) in [6, 6.07) is 56.6. The summed E-state index contributed by atoms with van der Waals surface area (Å²) in [5, 5.41) is 6.52. The average Bonchev–Trinajstić information content (AvgIpc) is 4.03. The molecule has 2 atom stereocenters. The summed E-state index contributed by atoms with van der Waals surface area (Å²) in [7, 11) is 0. The minimum Gasteiger partial charge on any atom is -0.496 e. The van der Waals surface area contributed by atoms with E-state index in [9.17, 15) is 0 Å². The van der Waals surface area contributed by atoms with E-state index in [1.807, 2.05) is 28.9 Å². The monoisotopic (exact) mass is 778 g/mol. The van der Waals surface area contributed by atoms with Gasteiger partial charge in [-0.15, -0.1) is 22.7 Å².